The Labute approximate surface area is 145 Å². The first kappa shape index (κ1) is 15.3. The quantitative estimate of drug-likeness (QED) is 0.498. The summed E-state index contributed by atoms with van der Waals surface area (Å²) in [7, 11) is 0. The number of rotatable bonds is 4. The predicted molar refractivity (Wildman–Crippen MR) is 96.6 cm³/mol. The Bertz CT molecular complexity index is 1020. The lowest BCUT2D eigenvalue weighted by Crippen LogP contribution is -2.07. The molecule has 0 aliphatic heterocycles. The molecular formula is C22H16O3. The van der Waals surface area contributed by atoms with Gasteiger partial charge in [-0.15, -0.1) is 0 Å². The molecule has 4 rings (SSSR count). The standard InChI is InChI=1S/C22H16O3/c1-13-7-3-5-9-16(13)20(23)18-11-15-12-19(22(18)25-15)21(24)17-10-6-4-8-14(17)2/h3-12H,1-2H3. The number of carbonyl (C=O) groups is 2. The Kier molecular flexibility index (Phi) is 3.50. The fourth-order valence-electron chi connectivity index (χ4n) is 3.17. The maximum atomic E-state index is 12.9. The van der Waals surface area contributed by atoms with E-state index in [2.05, 4.69) is 0 Å². The Morgan fingerprint density at radius 1 is 0.680 bits per heavy atom. The van der Waals surface area contributed by atoms with Crippen LogP contribution in [0, 0.1) is 13.8 Å². The number of carbonyl (C=O) groups excluding carboxylic acids is 2. The zero-order valence-corrected chi connectivity index (χ0v) is 14.0. The van der Waals surface area contributed by atoms with Crippen LogP contribution in [-0.4, -0.2) is 11.6 Å². The number of ketones is 2. The molecule has 0 amide bonds. The first-order valence-corrected chi connectivity index (χ1v) is 8.13. The van der Waals surface area contributed by atoms with Crippen LogP contribution in [0.3, 0.4) is 0 Å². The van der Waals surface area contributed by atoms with E-state index in [9.17, 15) is 9.59 Å². The SMILES string of the molecule is Cc1ccccc1C(=O)c1cc2cc(C(=O)c3ccccc3C)c1o2. The van der Waals surface area contributed by atoms with Crippen LogP contribution in [0.4, 0.5) is 0 Å². The van der Waals surface area contributed by atoms with Gasteiger partial charge in [0.25, 0.3) is 0 Å². The minimum atomic E-state index is -0.119. The van der Waals surface area contributed by atoms with E-state index in [0.717, 1.165) is 11.1 Å². The van der Waals surface area contributed by atoms with Crippen LogP contribution in [0.5, 0.6) is 0 Å². The van der Waals surface area contributed by atoms with Crippen molar-refractivity contribution in [3.63, 3.8) is 0 Å². The van der Waals surface area contributed by atoms with Crippen LogP contribution in [0.2, 0.25) is 0 Å². The number of hydrogen-bond acceptors (Lipinski definition) is 3. The molecule has 2 aromatic carbocycles. The molecule has 122 valence electrons. The van der Waals surface area contributed by atoms with E-state index in [1.807, 2.05) is 50.2 Å². The maximum Gasteiger partial charge on any atom is 0.197 e. The molecular weight excluding hydrogens is 312 g/mol. The van der Waals surface area contributed by atoms with Gasteiger partial charge in [-0.2, -0.15) is 0 Å². The summed E-state index contributed by atoms with van der Waals surface area (Å²) in [5.41, 5.74) is 4.87. The lowest BCUT2D eigenvalue weighted by atomic mass is 9.94. The molecule has 2 aromatic heterocycles. The van der Waals surface area contributed by atoms with Gasteiger partial charge in [0.05, 0.1) is 11.1 Å². The molecule has 0 spiro atoms. The Morgan fingerprint density at radius 2 is 1.12 bits per heavy atom. The minimum Gasteiger partial charge on any atom is -0.456 e. The highest BCUT2D eigenvalue weighted by Crippen LogP contribution is 2.31. The Hall–Kier alpha value is -3.20. The molecule has 0 atom stereocenters. The van der Waals surface area contributed by atoms with Gasteiger partial charge in [-0.1, -0.05) is 48.5 Å². The topological polar surface area (TPSA) is 47.3 Å². The van der Waals surface area contributed by atoms with E-state index >= 15 is 0 Å². The van der Waals surface area contributed by atoms with Crippen LogP contribution in [0.15, 0.2) is 65.1 Å². The minimum absolute atomic E-state index is 0.119. The third-order valence-electron chi connectivity index (χ3n) is 4.55. The maximum absolute atomic E-state index is 12.9. The van der Waals surface area contributed by atoms with Crippen molar-refractivity contribution >= 4 is 22.7 Å². The molecule has 3 nitrogen and oxygen atoms in total. The van der Waals surface area contributed by atoms with Crippen LogP contribution < -0.4 is 0 Å². The molecule has 0 saturated heterocycles. The van der Waals surface area contributed by atoms with E-state index in [1.165, 1.54) is 0 Å². The molecule has 0 aliphatic rings. The average molecular weight is 328 g/mol. The summed E-state index contributed by atoms with van der Waals surface area (Å²) in [6, 6.07) is 18.3. The van der Waals surface area contributed by atoms with Gasteiger partial charge in [0.15, 0.2) is 11.6 Å². The second kappa shape index (κ2) is 5.71. The van der Waals surface area contributed by atoms with E-state index in [1.54, 1.807) is 24.3 Å². The second-order valence-electron chi connectivity index (χ2n) is 6.24. The summed E-state index contributed by atoms with van der Waals surface area (Å²) in [6.45, 7) is 3.80. The van der Waals surface area contributed by atoms with Gasteiger partial charge in [-0.05, 0) is 37.1 Å². The van der Waals surface area contributed by atoms with E-state index in [-0.39, 0.29) is 11.6 Å². The normalized spacial score (nSPS) is 11.1. The molecule has 0 saturated carbocycles. The van der Waals surface area contributed by atoms with Gasteiger partial charge in [0.1, 0.15) is 11.2 Å². The van der Waals surface area contributed by atoms with Crippen molar-refractivity contribution < 1.29 is 14.0 Å². The van der Waals surface area contributed by atoms with Crippen LogP contribution in [0.25, 0.3) is 11.2 Å². The van der Waals surface area contributed by atoms with Gasteiger partial charge < -0.3 is 4.42 Å². The third kappa shape index (κ3) is 2.45. The monoisotopic (exact) mass is 328 g/mol. The zero-order valence-electron chi connectivity index (χ0n) is 14.0. The van der Waals surface area contributed by atoms with Crippen LogP contribution in [-0.2, 0) is 0 Å². The van der Waals surface area contributed by atoms with Crippen molar-refractivity contribution in [2.75, 3.05) is 0 Å². The van der Waals surface area contributed by atoms with Gasteiger partial charge >= 0.3 is 0 Å². The van der Waals surface area contributed by atoms with Crippen molar-refractivity contribution in [3.05, 3.63) is 94.0 Å². The summed E-state index contributed by atoms with van der Waals surface area (Å²) in [5.74, 6) is -0.238. The van der Waals surface area contributed by atoms with Crippen molar-refractivity contribution in [3.8, 4) is 0 Å². The summed E-state index contributed by atoms with van der Waals surface area (Å²) < 4.78 is 5.67. The average Bonchev–Trinajstić information content (AvgIpc) is 3.22. The number of fused-ring (bicyclic) bond motifs is 2. The van der Waals surface area contributed by atoms with Gasteiger partial charge in [-0.3, -0.25) is 9.59 Å². The molecule has 0 unspecified atom stereocenters. The third-order valence-corrected chi connectivity index (χ3v) is 4.55. The first-order chi connectivity index (χ1) is 12.1. The smallest absolute Gasteiger partial charge is 0.197 e. The molecule has 0 aliphatic carbocycles. The molecule has 0 N–H and O–H groups in total. The van der Waals surface area contributed by atoms with E-state index in [4.69, 9.17) is 4.42 Å². The van der Waals surface area contributed by atoms with Crippen molar-refractivity contribution in [1.82, 2.24) is 0 Å². The van der Waals surface area contributed by atoms with Crippen molar-refractivity contribution in [2.45, 2.75) is 13.8 Å². The predicted octanol–water partition coefficient (Wildman–Crippen LogP) is 4.95. The van der Waals surface area contributed by atoms with Crippen LogP contribution >= 0.6 is 0 Å². The molecule has 2 heterocycles. The number of furan rings is 2. The highest BCUT2D eigenvalue weighted by Gasteiger charge is 2.25. The summed E-state index contributed by atoms with van der Waals surface area (Å²) in [6.07, 6.45) is 0. The zero-order chi connectivity index (χ0) is 17.6. The summed E-state index contributed by atoms with van der Waals surface area (Å²) >= 11 is 0. The molecule has 2 bridgehead atoms. The highest BCUT2D eigenvalue weighted by atomic mass is 16.3. The number of benzene rings is 3. The lowest BCUT2D eigenvalue weighted by Gasteiger charge is -2.06. The van der Waals surface area contributed by atoms with Crippen molar-refractivity contribution in [1.29, 1.82) is 0 Å². The number of hydrogen-bond donors (Lipinski definition) is 0. The fraction of sp³-hybridized carbons (Fsp3) is 0.0909. The fourth-order valence-corrected chi connectivity index (χ4v) is 3.17. The molecule has 25 heavy (non-hydrogen) atoms. The Morgan fingerprint density at radius 3 is 1.52 bits per heavy atom. The molecule has 3 heteroatoms. The largest absolute Gasteiger partial charge is 0.456 e. The first-order valence-electron chi connectivity index (χ1n) is 8.13. The van der Waals surface area contributed by atoms with Gasteiger partial charge in [0, 0.05) is 11.1 Å². The molecule has 0 fully saturated rings. The second-order valence-corrected chi connectivity index (χ2v) is 6.24. The summed E-state index contributed by atoms with van der Waals surface area (Å²) in [5, 5.41) is 0. The van der Waals surface area contributed by atoms with Gasteiger partial charge in [0.2, 0.25) is 0 Å². The van der Waals surface area contributed by atoms with E-state index in [0.29, 0.717) is 33.4 Å². The summed E-state index contributed by atoms with van der Waals surface area (Å²) in [4.78, 5) is 25.8. The molecule has 4 aromatic rings. The van der Waals surface area contributed by atoms with Gasteiger partial charge in [-0.25, -0.2) is 0 Å². The van der Waals surface area contributed by atoms with Crippen LogP contribution in [0.1, 0.15) is 43.0 Å². The molecule has 0 radical (unpaired) electrons. The lowest BCUT2D eigenvalue weighted by molar-refractivity contribution is 0.103. The number of aryl methyl sites for hydroxylation is 2. The highest BCUT2D eigenvalue weighted by molar-refractivity contribution is 6.21. The Balaban J connectivity index is 1.80. The van der Waals surface area contributed by atoms with E-state index < -0.39 is 0 Å². The van der Waals surface area contributed by atoms with Crippen molar-refractivity contribution in [2.24, 2.45) is 0 Å².